The fourth-order valence-corrected chi connectivity index (χ4v) is 2.95. The zero-order valence-corrected chi connectivity index (χ0v) is 13.2. The van der Waals surface area contributed by atoms with E-state index in [1.165, 1.54) is 6.92 Å². The lowest BCUT2D eigenvalue weighted by atomic mass is 10.2. The Morgan fingerprint density at radius 2 is 2.00 bits per heavy atom. The van der Waals surface area contributed by atoms with Gasteiger partial charge in [0.15, 0.2) is 0 Å². The SMILES string of the molecule is CC(=O)NC(CS)C(=O)NC(C)c1sc(C)nc1C. The Bertz CT molecular complexity index is 474. The number of thiol groups is 1. The summed E-state index contributed by atoms with van der Waals surface area (Å²) in [6.07, 6.45) is 0. The van der Waals surface area contributed by atoms with E-state index in [4.69, 9.17) is 0 Å². The molecule has 7 heteroatoms. The highest BCUT2D eigenvalue weighted by Crippen LogP contribution is 2.24. The first-order chi connectivity index (χ1) is 8.85. The Kier molecular flexibility index (Phi) is 5.81. The molecule has 0 aliphatic carbocycles. The summed E-state index contributed by atoms with van der Waals surface area (Å²) in [6, 6.07) is -0.743. The summed E-state index contributed by atoms with van der Waals surface area (Å²) in [4.78, 5) is 28.4. The number of carbonyl (C=O) groups is 2. The summed E-state index contributed by atoms with van der Waals surface area (Å²) < 4.78 is 0. The zero-order valence-electron chi connectivity index (χ0n) is 11.5. The third kappa shape index (κ3) is 4.50. The molecule has 2 amide bonds. The lowest BCUT2D eigenvalue weighted by Gasteiger charge is -2.19. The van der Waals surface area contributed by atoms with E-state index in [2.05, 4.69) is 28.2 Å². The van der Waals surface area contributed by atoms with Crippen LogP contribution in [0.4, 0.5) is 0 Å². The van der Waals surface area contributed by atoms with Crippen LogP contribution in [-0.4, -0.2) is 28.6 Å². The molecule has 0 spiro atoms. The van der Waals surface area contributed by atoms with Crippen LogP contribution in [0.5, 0.6) is 0 Å². The number of nitrogens with one attached hydrogen (secondary N) is 2. The van der Waals surface area contributed by atoms with Crippen molar-refractivity contribution in [1.29, 1.82) is 0 Å². The van der Waals surface area contributed by atoms with Crippen LogP contribution in [-0.2, 0) is 9.59 Å². The molecular formula is C12H19N3O2S2. The van der Waals surface area contributed by atoms with Crippen molar-refractivity contribution in [2.75, 3.05) is 5.75 Å². The molecule has 0 radical (unpaired) electrons. The maximum atomic E-state index is 12.0. The molecule has 19 heavy (non-hydrogen) atoms. The molecule has 0 aliphatic heterocycles. The van der Waals surface area contributed by atoms with E-state index in [1.54, 1.807) is 11.3 Å². The predicted molar refractivity (Wildman–Crippen MR) is 79.6 cm³/mol. The number of nitrogens with zero attached hydrogens (tertiary/aromatic N) is 1. The van der Waals surface area contributed by atoms with Gasteiger partial charge in [0, 0.05) is 17.6 Å². The first-order valence-corrected chi connectivity index (χ1v) is 7.42. The number of aromatic nitrogens is 1. The number of aryl methyl sites for hydroxylation is 2. The van der Waals surface area contributed by atoms with Gasteiger partial charge in [-0.2, -0.15) is 12.6 Å². The highest BCUT2D eigenvalue weighted by molar-refractivity contribution is 7.80. The summed E-state index contributed by atoms with van der Waals surface area (Å²) in [6.45, 7) is 7.14. The van der Waals surface area contributed by atoms with Gasteiger partial charge in [0.1, 0.15) is 6.04 Å². The maximum Gasteiger partial charge on any atom is 0.243 e. The number of thiazole rings is 1. The normalized spacial score (nSPS) is 13.7. The van der Waals surface area contributed by atoms with Gasteiger partial charge >= 0.3 is 0 Å². The van der Waals surface area contributed by atoms with Gasteiger partial charge in [-0.1, -0.05) is 0 Å². The smallest absolute Gasteiger partial charge is 0.243 e. The highest BCUT2D eigenvalue weighted by Gasteiger charge is 2.21. The van der Waals surface area contributed by atoms with E-state index < -0.39 is 6.04 Å². The van der Waals surface area contributed by atoms with Crippen LogP contribution >= 0.6 is 24.0 Å². The van der Waals surface area contributed by atoms with Gasteiger partial charge in [-0.3, -0.25) is 9.59 Å². The molecule has 0 fully saturated rings. The number of rotatable bonds is 5. The average molecular weight is 301 g/mol. The minimum absolute atomic E-state index is 0.130. The quantitative estimate of drug-likeness (QED) is 0.719. The van der Waals surface area contributed by atoms with Crippen molar-refractivity contribution in [1.82, 2.24) is 15.6 Å². The molecule has 0 bridgehead atoms. The lowest BCUT2D eigenvalue weighted by molar-refractivity contribution is -0.127. The molecular weight excluding hydrogens is 282 g/mol. The molecule has 2 N–H and O–H groups in total. The van der Waals surface area contributed by atoms with Crippen LogP contribution in [0.3, 0.4) is 0 Å². The van der Waals surface area contributed by atoms with Crippen molar-refractivity contribution in [3.63, 3.8) is 0 Å². The number of hydrogen-bond donors (Lipinski definition) is 3. The van der Waals surface area contributed by atoms with Crippen LogP contribution in [0.2, 0.25) is 0 Å². The Balaban J connectivity index is 2.70. The van der Waals surface area contributed by atoms with Crippen LogP contribution in [0.25, 0.3) is 0 Å². The molecule has 106 valence electrons. The molecule has 1 aromatic rings. The molecule has 2 unspecified atom stereocenters. The summed E-state index contributed by atoms with van der Waals surface area (Å²) in [5, 5.41) is 6.41. The van der Waals surface area contributed by atoms with Gasteiger partial charge in [-0.05, 0) is 20.8 Å². The fourth-order valence-electron chi connectivity index (χ4n) is 1.77. The van der Waals surface area contributed by atoms with E-state index in [1.807, 2.05) is 20.8 Å². The summed E-state index contributed by atoms with van der Waals surface area (Å²) >= 11 is 5.64. The van der Waals surface area contributed by atoms with Crippen molar-refractivity contribution in [3.05, 3.63) is 15.6 Å². The molecule has 1 rings (SSSR count). The van der Waals surface area contributed by atoms with E-state index in [-0.39, 0.29) is 23.6 Å². The van der Waals surface area contributed by atoms with Crippen LogP contribution in [0.15, 0.2) is 0 Å². The average Bonchev–Trinajstić information content (AvgIpc) is 2.64. The minimum atomic E-state index is -0.613. The van der Waals surface area contributed by atoms with E-state index >= 15 is 0 Å². The van der Waals surface area contributed by atoms with Gasteiger partial charge in [-0.15, -0.1) is 11.3 Å². The first kappa shape index (κ1) is 16.0. The third-order valence-electron chi connectivity index (χ3n) is 2.57. The van der Waals surface area contributed by atoms with Gasteiger partial charge in [0.05, 0.1) is 16.7 Å². The van der Waals surface area contributed by atoms with E-state index in [0.29, 0.717) is 0 Å². The van der Waals surface area contributed by atoms with Gasteiger partial charge in [-0.25, -0.2) is 4.98 Å². The Labute approximate surface area is 122 Å². The number of hydrogen-bond acceptors (Lipinski definition) is 5. The van der Waals surface area contributed by atoms with Crippen LogP contribution < -0.4 is 10.6 Å². The molecule has 1 aromatic heterocycles. The number of amides is 2. The summed E-state index contributed by atoms with van der Waals surface area (Å²) in [5.41, 5.74) is 0.928. The Morgan fingerprint density at radius 3 is 2.42 bits per heavy atom. The molecule has 1 heterocycles. The maximum absolute atomic E-state index is 12.0. The molecule has 5 nitrogen and oxygen atoms in total. The lowest BCUT2D eigenvalue weighted by Crippen LogP contribution is -2.47. The molecule has 2 atom stereocenters. The second-order valence-electron chi connectivity index (χ2n) is 4.35. The van der Waals surface area contributed by atoms with Gasteiger partial charge in [0.2, 0.25) is 11.8 Å². The topological polar surface area (TPSA) is 71.1 Å². The summed E-state index contributed by atoms with van der Waals surface area (Å²) in [5.74, 6) is -0.214. The Morgan fingerprint density at radius 1 is 1.37 bits per heavy atom. The van der Waals surface area contributed by atoms with E-state index in [9.17, 15) is 9.59 Å². The van der Waals surface area contributed by atoms with Crippen molar-refractivity contribution in [2.45, 2.75) is 39.8 Å². The molecule has 0 aliphatic rings. The third-order valence-corrected chi connectivity index (χ3v) is 4.19. The van der Waals surface area contributed by atoms with Crippen LogP contribution in [0.1, 0.15) is 35.5 Å². The van der Waals surface area contributed by atoms with Crippen molar-refractivity contribution >= 4 is 35.8 Å². The standard InChI is InChI=1S/C12H19N3O2S2/c1-6-11(19-9(4)13-6)7(2)14-12(17)10(5-18)15-8(3)16/h7,10,18H,5H2,1-4H3,(H,14,17)(H,15,16). The summed E-state index contributed by atoms with van der Waals surface area (Å²) in [7, 11) is 0. The van der Waals surface area contributed by atoms with Crippen molar-refractivity contribution in [2.24, 2.45) is 0 Å². The largest absolute Gasteiger partial charge is 0.347 e. The van der Waals surface area contributed by atoms with Crippen LogP contribution in [0, 0.1) is 13.8 Å². The van der Waals surface area contributed by atoms with E-state index in [0.717, 1.165) is 15.6 Å². The Hall–Kier alpha value is -1.08. The second kappa shape index (κ2) is 6.91. The molecule has 0 saturated carbocycles. The highest BCUT2D eigenvalue weighted by atomic mass is 32.1. The van der Waals surface area contributed by atoms with Crippen molar-refractivity contribution in [3.8, 4) is 0 Å². The second-order valence-corrected chi connectivity index (χ2v) is 5.95. The fraction of sp³-hybridized carbons (Fsp3) is 0.583. The minimum Gasteiger partial charge on any atom is -0.347 e. The van der Waals surface area contributed by atoms with Gasteiger partial charge < -0.3 is 10.6 Å². The first-order valence-electron chi connectivity index (χ1n) is 5.97. The number of carbonyl (C=O) groups excluding carboxylic acids is 2. The van der Waals surface area contributed by atoms with Crippen molar-refractivity contribution < 1.29 is 9.59 Å². The predicted octanol–water partition coefficient (Wildman–Crippen LogP) is 1.37. The zero-order chi connectivity index (χ0) is 14.6. The monoisotopic (exact) mass is 301 g/mol. The molecule has 0 aromatic carbocycles. The molecule has 0 saturated heterocycles. The van der Waals surface area contributed by atoms with Gasteiger partial charge in [0.25, 0.3) is 0 Å².